The predicted molar refractivity (Wildman–Crippen MR) is 167 cm³/mol. The molecule has 1 fully saturated rings. The van der Waals surface area contributed by atoms with Crippen LogP contribution in [0.4, 0.5) is 0 Å². The van der Waals surface area contributed by atoms with E-state index in [1.54, 1.807) is 45.9 Å². The molecule has 1 aromatic carbocycles. The lowest BCUT2D eigenvalue weighted by atomic mass is 9.85. The van der Waals surface area contributed by atoms with Crippen LogP contribution in [0.15, 0.2) is 34.1 Å². The first kappa shape index (κ1) is 34.3. The molecule has 0 unspecified atom stereocenters. The number of carboxylic acid groups (broad SMARTS) is 1. The summed E-state index contributed by atoms with van der Waals surface area (Å²) in [6.07, 6.45) is 5.60. The molecular formula is C31H49N3O6S2. The molecule has 1 saturated carbocycles. The molecule has 9 nitrogen and oxygen atoms in total. The van der Waals surface area contributed by atoms with Crippen molar-refractivity contribution in [3.05, 3.63) is 35.5 Å². The van der Waals surface area contributed by atoms with E-state index < -0.39 is 42.4 Å². The summed E-state index contributed by atoms with van der Waals surface area (Å²) in [5.41, 5.74) is 0.148. The van der Waals surface area contributed by atoms with Gasteiger partial charge in [-0.25, -0.2) is 26.3 Å². The number of carbonyl (C=O) groups is 1. The third-order valence-electron chi connectivity index (χ3n) is 7.87. The monoisotopic (exact) mass is 623 g/mol. The predicted octanol–water partition coefficient (Wildman–Crippen LogP) is 5.81. The van der Waals surface area contributed by atoms with Crippen LogP contribution < -0.4 is 9.44 Å². The van der Waals surface area contributed by atoms with E-state index in [0.717, 1.165) is 31.2 Å². The lowest BCUT2D eigenvalue weighted by molar-refractivity contribution is -0.146. The Kier molecular flexibility index (Phi) is 9.84. The van der Waals surface area contributed by atoms with Crippen molar-refractivity contribution < 1.29 is 26.7 Å². The van der Waals surface area contributed by atoms with E-state index in [1.807, 2.05) is 31.4 Å². The Balaban J connectivity index is 2.19. The maximum Gasteiger partial charge on any atom is 0.310 e. The van der Waals surface area contributed by atoms with E-state index in [-0.39, 0.29) is 16.3 Å². The van der Waals surface area contributed by atoms with Gasteiger partial charge in [-0.3, -0.25) is 4.79 Å². The van der Waals surface area contributed by atoms with Crippen LogP contribution in [-0.2, 0) is 36.8 Å². The standard InChI is InChI=1S/C31H49N3O6S2/c1-21-27(41(37,38)32-20-31(8,9)28(35)36)18-25(34(21)19-22-13-11-10-12-14-22)23-15-16-26(24(17-23)29(2,3)4)42(39,40)33-30(5,6)7/h15-18,22,32-33H,10-14,19-20H2,1-9H3,(H,35,36). The van der Waals surface area contributed by atoms with Gasteiger partial charge in [-0.15, -0.1) is 0 Å². The topological polar surface area (TPSA) is 135 Å². The summed E-state index contributed by atoms with van der Waals surface area (Å²) < 4.78 is 61.3. The number of sulfonamides is 2. The molecule has 1 aliphatic carbocycles. The number of benzene rings is 1. The molecule has 3 N–H and O–H groups in total. The van der Waals surface area contributed by atoms with E-state index in [1.165, 1.54) is 20.3 Å². The molecule has 0 bridgehead atoms. The van der Waals surface area contributed by atoms with Crippen molar-refractivity contribution in [2.75, 3.05) is 6.54 Å². The maximum absolute atomic E-state index is 13.6. The molecular weight excluding hydrogens is 574 g/mol. The first-order valence-corrected chi connectivity index (χ1v) is 17.6. The van der Waals surface area contributed by atoms with Gasteiger partial charge in [-0.1, -0.05) is 46.1 Å². The van der Waals surface area contributed by atoms with E-state index >= 15 is 0 Å². The molecule has 236 valence electrons. The second kappa shape index (κ2) is 12.1. The summed E-state index contributed by atoms with van der Waals surface area (Å²) in [7, 11) is -7.87. The number of hydrogen-bond acceptors (Lipinski definition) is 5. The van der Waals surface area contributed by atoms with Crippen molar-refractivity contribution in [1.82, 2.24) is 14.0 Å². The third-order valence-corrected chi connectivity index (χ3v) is 11.2. The van der Waals surface area contributed by atoms with Gasteiger partial charge in [0.15, 0.2) is 0 Å². The van der Waals surface area contributed by atoms with Gasteiger partial charge in [0.2, 0.25) is 20.0 Å². The zero-order valence-electron chi connectivity index (χ0n) is 26.6. The van der Waals surface area contributed by atoms with Crippen molar-refractivity contribution in [3.63, 3.8) is 0 Å². The summed E-state index contributed by atoms with van der Waals surface area (Å²) in [5.74, 6) is -0.695. The van der Waals surface area contributed by atoms with Crippen LogP contribution in [0.3, 0.4) is 0 Å². The first-order chi connectivity index (χ1) is 19.1. The van der Waals surface area contributed by atoms with Crippen LogP contribution in [0.5, 0.6) is 0 Å². The van der Waals surface area contributed by atoms with Crippen LogP contribution in [0.25, 0.3) is 11.3 Å². The minimum atomic E-state index is -4.04. The molecule has 3 rings (SSSR count). The molecule has 0 amide bonds. The largest absolute Gasteiger partial charge is 0.481 e. The second-order valence-corrected chi connectivity index (χ2v) is 17.8. The van der Waals surface area contributed by atoms with Crippen LogP contribution in [0.2, 0.25) is 0 Å². The SMILES string of the molecule is Cc1c(S(=O)(=O)NCC(C)(C)C(=O)O)cc(-c2ccc(S(=O)(=O)NC(C)(C)C)c(C(C)(C)C)c2)n1CC1CCCCC1. The Morgan fingerprint density at radius 3 is 2.02 bits per heavy atom. The highest BCUT2D eigenvalue weighted by atomic mass is 32.2. The Morgan fingerprint density at radius 1 is 0.905 bits per heavy atom. The molecule has 0 saturated heterocycles. The number of rotatable bonds is 10. The summed E-state index contributed by atoms with van der Waals surface area (Å²) in [4.78, 5) is 11.9. The van der Waals surface area contributed by atoms with Gasteiger partial charge >= 0.3 is 5.97 Å². The lowest BCUT2D eigenvalue weighted by Gasteiger charge is -2.27. The highest BCUT2D eigenvalue weighted by Gasteiger charge is 2.33. The van der Waals surface area contributed by atoms with E-state index in [0.29, 0.717) is 29.4 Å². The summed E-state index contributed by atoms with van der Waals surface area (Å²) in [6, 6.07) is 6.85. The van der Waals surface area contributed by atoms with Gasteiger partial charge in [0.25, 0.3) is 0 Å². The van der Waals surface area contributed by atoms with Crippen LogP contribution in [-0.4, -0.2) is 44.6 Å². The van der Waals surface area contributed by atoms with Crippen LogP contribution in [0.1, 0.15) is 98.8 Å². The van der Waals surface area contributed by atoms with Crippen molar-refractivity contribution >= 4 is 26.0 Å². The van der Waals surface area contributed by atoms with Gasteiger partial charge in [0, 0.05) is 30.0 Å². The maximum atomic E-state index is 13.6. The van der Waals surface area contributed by atoms with Crippen LogP contribution >= 0.6 is 0 Å². The Morgan fingerprint density at radius 2 is 1.50 bits per heavy atom. The average molecular weight is 624 g/mol. The Labute approximate surface area is 252 Å². The fourth-order valence-electron chi connectivity index (χ4n) is 5.39. The molecule has 1 aliphatic rings. The molecule has 0 aliphatic heterocycles. The van der Waals surface area contributed by atoms with Crippen molar-refractivity contribution in [3.8, 4) is 11.3 Å². The number of aliphatic carboxylic acids is 1. The number of hydrogen-bond donors (Lipinski definition) is 3. The summed E-state index contributed by atoms with van der Waals surface area (Å²) in [6.45, 7) is 16.4. The second-order valence-electron chi connectivity index (χ2n) is 14.4. The number of nitrogens with zero attached hydrogens (tertiary/aromatic N) is 1. The highest BCUT2D eigenvalue weighted by Crippen LogP contribution is 2.37. The van der Waals surface area contributed by atoms with Gasteiger partial charge in [-0.05, 0) is 95.0 Å². The Bertz CT molecular complexity index is 1520. The van der Waals surface area contributed by atoms with Gasteiger partial charge in [0.1, 0.15) is 4.90 Å². The molecule has 1 aromatic heterocycles. The van der Waals surface area contributed by atoms with Crippen molar-refractivity contribution in [2.45, 2.75) is 122 Å². The van der Waals surface area contributed by atoms with E-state index in [4.69, 9.17) is 0 Å². The van der Waals surface area contributed by atoms with E-state index in [2.05, 4.69) is 9.44 Å². The quantitative estimate of drug-likeness (QED) is 0.306. The molecule has 42 heavy (non-hydrogen) atoms. The smallest absolute Gasteiger partial charge is 0.310 e. The summed E-state index contributed by atoms with van der Waals surface area (Å²) >= 11 is 0. The molecule has 0 atom stereocenters. The fourth-order valence-corrected chi connectivity index (χ4v) is 8.68. The highest BCUT2D eigenvalue weighted by molar-refractivity contribution is 7.89. The molecule has 0 spiro atoms. The Hall–Kier alpha value is -2.21. The number of aromatic nitrogens is 1. The van der Waals surface area contributed by atoms with Gasteiger partial charge in [-0.2, -0.15) is 0 Å². The lowest BCUT2D eigenvalue weighted by Crippen LogP contribution is -2.41. The van der Waals surface area contributed by atoms with E-state index in [9.17, 15) is 26.7 Å². The first-order valence-electron chi connectivity index (χ1n) is 14.7. The van der Waals surface area contributed by atoms with Gasteiger partial charge < -0.3 is 9.67 Å². The molecule has 0 radical (unpaired) electrons. The summed E-state index contributed by atoms with van der Waals surface area (Å²) in [5, 5.41) is 9.49. The number of nitrogens with one attached hydrogen (secondary N) is 2. The fraction of sp³-hybridized carbons (Fsp3) is 0.645. The minimum Gasteiger partial charge on any atom is -0.481 e. The molecule has 2 aromatic rings. The molecule has 1 heterocycles. The van der Waals surface area contributed by atoms with Crippen molar-refractivity contribution in [2.24, 2.45) is 11.3 Å². The van der Waals surface area contributed by atoms with Crippen molar-refractivity contribution in [1.29, 1.82) is 0 Å². The average Bonchev–Trinajstić information content (AvgIpc) is 3.18. The van der Waals surface area contributed by atoms with Crippen LogP contribution in [0, 0.1) is 18.3 Å². The third kappa shape index (κ3) is 8.03. The minimum absolute atomic E-state index is 0.0953. The molecule has 11 heteroatoms. The normalized spacial score (nSPS) is 16.1. The van der Waals surface area contributed by atoms with Gasteiger partial charge in [0.05, 0.1) is 10.3 Å². The number of carboxylic acids is 1. The zero-order chi connectivity index (χ0) is 31.9. The zero-order valence-corrected chi connectivity index (χ0v) is 28.2.